The average molecular weight is 338 g/mol. The molecule has 5 nitrogen and oxygen atoms in total. The van der Waals surface area contributed by atoms with Crippen LogP contribution in [0.3, 0.4) is 0 Å². The van der Waals surface area contributed by atoms with E-state index in [9.17, 15) is 14.0 Å². The summed E-state index contributed by atoms with van der Waals surface area (Å²) in [5.74, 6) is -1.76. The predicted octanol–water partition coefficient (Wildman–Crippen LogP) is 2.88. The van der Waals surface area contributed by atoms with E-state index in [1.807, 2.05) is 6.92 Å². The largest absolute Gasteiger partial charge is 0.478 e. The Balaban J connectivity index is 1.96. The maximum atomic E-state index is 13.5. The fraction of sp³-hybridized carbons (Fsp3) is 0.158. The van der Waals surface area contributed by atoms with Gasteiger partial charge in [-0.3, -0.25) is 14.8 Å². The van der Waals surface area contributed by atoms with E-state index >= 15 is 0 Å². The number of carbonyl (C=O) groups is 2. The summed E-state index contributed by atoms with van der Waals surface area (Å²) in [6.45, 7) is 1.81. The highest BCUT2D eigenvalue weighted by atomic mass is 19.1. The molecule has 0 spiro atoms. The summed E-state index contributed by atoms with van der Waals surface area (Å²) >= 11 is 0. The van der Waals surface area contributed by atoms with Crippen LogP contribution in [0, 0.1) is 12.7 Å². The number of aryl methyl sites for hydroxylation is 1. The van der Waals surface area contributed by atoms with E-state index in [1.54, 1.807) is 18.2 Å². The van der Waals surface area contributed by atoms with Crippen LogP contribution in [0.15, 0.2) is 53.7 Å². The van der Waals surface area contributed by atoms with Gasteiger partial charge in [-0.25, -0.2) is 9.18 Å². The highest BCUT2D eigenvalue weighted by molar-refractivity contribution is 5.98. The van der Waals surface area contributed by atoms with E-state index in [0.29, 0.717) is 11.3 Å². The van der Waals surface area contributed by atoms with Crippen molar-refractivity contribution in [3.63, 3.8) is 0 Å². The molecule has 2 aromatic rings. The molecule has 0 saturated carbocycles. The third-order valence-corrected chi connectivity index (χ3v) is 4.19. The van der Waals surface area contributed by atoms with Gasteiger partial charge in [0.25, 0.3) is 0 Å². The van der Waals surface area contributed by atoms with E-state index < -0.39 is 17.3 Å². The summed E-state index contributed by atoms with van der Waals surface area (Å²) < 4.78 is 13.5. The highest BCUT2D eigenvalue weighted by Crippen LogP contribution is 2.32. The Labute approximate surface area is 143 Å². The van der Waals surface area contributed by atoms with Gasteiger partial charge in [0.1, 0.15) is 5.82 Å². The molecule has 0 aliphatic carbocycles. The number of allylic oxidation sites excluding steroid dienone is 1. The van der Waals surface area contributed by atoms with Crippen LogP contribution in [0.4, 0.5) is 4.39 Å². The second-order valence-corrected chi connectivity index (χ2v) is 5.81. The lowest BCUT2D eigenvalue weighted by molar-refractivity contribution is -0.122. The van der Waals surface area contributed by atoms with Gasteiger partial charge in [0.2, 0.25) is 0 Å². The first-order chi connectivity index (χ1) is 11.9. The van der Waals surface area contributed by atoms with Crippen LogP contribution in [0.25, 0.3) is 0 Å². The third kappa shape index (κ3) is 3.10. The summed E-state index contributed by atoms with van der Waals surface area (Å²) in [4.78, 5) is 32.3. The molecule has 0 amide bonds. The van der Waals surface area contributed by atoms with Crippen LogP contribution < -0.4 is 0 Å². The zero-order valence-corrected chi connectivity index (χ0v) is 13.4. The number of hydrogen-bond acceptors (Lipinski definition) is 4. The summed E-state index contributed by atoms with van der Waals surface area (Å²) in [6.07, 6.45) is 5.95. The Morgan fingerprint density at radius 2 is 2.04 bits per heavy atom. The topological polar surface area (TPSA) is 79.6 Å². The standard InChI is InChI=1S/C19H15FN2O3/c1-12-3-5-15(20)9-14(12)10-17(23)19(7-2-8-22-19)16-6-4-13(11-21-16)18(24)25/h2-9,11H,10H2,1H3,(H,24,25). The number of carbonyl (C=O) groups excluding carboxylic acids is 1. The molecule has 0 bridgehead atoms. The lowest BCUT2D eigenvalue weighted by Crippen LogP contribution is -2.33. The SMILES string of the molecule is Cc1ccc(F)cc1CC(=O)C1(c2ccc(C(=O)O)cn2)C=CC=N1. The molecule has 1 aliphatic heterocycles. The molecular weight excluding hydrogens is 323 g/mol. The van der Waals surface area contributed by atoms with Gasteiger partial charge in [-0.1, -0.05) is 6.07 Å². The van der Waals surface area contributed by atoms with Gasteiger partial charge in [0, 0.05) is 18.8 Å². The first-order valence-corrected chi connectivity index (χ1v) is 7.63. The summed E-state index contributed by atoms with van der Waals surface area (Å²) in [5, 5.41) is 8.98. The molecule has 0 saturated heterocycles. The lowest BCUT2D eigenvalue weighted by atomic mass is 9.86. The van der Waals surface area contributed by atoms with Crippen molar-refractivity contribution in [2.75, 3.05) is 0 Å². The monoisotopic (exact) mass is 338 g/mol. The van der Waals surface area contributed by atoms with Crippen LogP contribution in [0.1, 0.15) is 27.2 Å². The molecule has 6 heteroatoms. The molecule has 0 fully saturated rings. The number of ketones is 1. The minimum atomic E-state index is -1.31. The Morgan fingerprint density at radius 1 is 1.24 bits per heavy atom. The number of pyridine rings is 1. The minimum Gasteiger partial charge on any atom is -0.478 e. The number of carboxylic acids is 1. The molecule has 1 aromatic carbocycles. The van der Waals surface area contributed by atoms with Crippen LogP contribution in [0.2, 0.25) is 0 Å². The van der Waals surface area contributed by atoms with Crippen LogP contribution in [-0.2, 0) is 16.8 Å². The Kier molecular flexibility index (Phi) is 4.27. The molecular formula is C19H15FN2O3. The van der Waals surface area contributed by atoms with Gasteiger partial charge in [-0.05, 0) is 54.5 Å². The molecule has 25 heavy (non-hydrogen) atoms. The van der Waals surface area contributed by atoms with Gasteiger partial charge < -0.3 is 5.11 Å². The van der Waals surface area contributed by atoms with Gasteiger partial charge in [-0.2, -0.15) is 0 Å². The van der Waals surface area contributed by atoms with Gasteiger partial charge in [-0.15, -0.1) is 0 Å². The van der Waals surface area contributed by atoms with E-state index in [-0.39, 0.29) is 17.8 Å². The number of halogens is 1. The molecule has 1 N–H and O–H groups in total. The van der Waals surface area contributed by atoms with Crippen molar-refractivity contribution in [3.05, 3.63) is 76.9 Å². The van der Waals surface area contributed by atoms with Crippen molar-refractivity contribution >= 4 is 18.0 Å². The second kappa shape index (κ2) is 6.39. The number of carboxylic acid groups (broad SMARTS) is 1. The number of rotatable bonds is 5. The van der Waals surface area contributed by atoms with Gasteiger partial charge in [0.15, 0.2) is 11.3 Å². The maximum Gasteiger partial charge on any atom is 0.337 e. The van der Waals surface area contributed by atoms with E-state index in [1.165, 1.54) is 36.7 Å². The molecule has 1 unspecified atom stereocenters. The molecule has 0 radical (unpaired) electrons. The molecule has 2 heterocycles. The quantitative estimate of drug-likeness (QED) is 0.909. The zero-order chi connectivity index (χ0) is 18.0. The summed E-state index contributed by atoms with van der Waals surface area (Å²) in [7, 11) is 0. The predicted molar refractivity (Wildman–Crippen MR) is 90.4 cm³/mol. The number of aromatic carboxylic acids is 1. The molecule has 126 valence electrons. The maximum absolute atomic E-state index is 13.5. The molecule has 1 atom stereocenters. The van der Waals surface area contributed by atoms with Crippen LogP contribution in [-0.4, -0.2) is 28.1 Å². The molecule has 1 aromatic heterocycles. The number of benzene rings is 1. The van der Waals surface area contributed by atoms with E-state index in [4.69, 9.17) is 5.11 Å². The second-order valence-electron chi connectivity index (χ2n) is 5.81. The van der Waals surface area contributed by atoms with Crippen molar-refractivity contribution in [2.24, 2.45) is 4.99 Å². The number of aromatic nitrogens is 1. The number of aliphatic imine (C=N–C) groups is 1. The van der Waals surface area contributed by atoms with Crippen molar-refractivity contribution in [1.82, 2.24) is 4.98 Å². The number of nitrogens with zero attached hydrogens (tertiary/aromatic N) is 2. The van der Waals surface area contributed by atoms with Crippen molar-refractivity contribution < 1.29 is 19.1 Å². The summed E-state index contributed by atoms with van der Waals surface area (Å²) in [6, 6.07) is 7.17. The smallest absolute Gasteiger partial charge is 0.337 e. The number of Topliss-reactive ketones (excluding diaryl/α,β-unsaturated/α-hetero) is 1. The summed E-state index contributed by atoms with van der Waals surface area (Å²) in [5.41, 5.74) is 0.447. The number of hydrogen-bond donors (Lipinski definition) is 1. The van der Waals surface area contributed by atoms with Crippen LogP contribution >= 0.6 is 0 Å². The lowest BCUT2D eigenvalue weighted by Gasteiger charge is -2.23. The van der Waals surface area contributed by atoms with Crippen molar-refractivity contribution in [2.45, 2.75) is 18.9 Å². The first-order valence-electron chi connectivity index (χ1n) is 7.63. The normalized spacial score (nSPS) is 18.5. The Bertz CT molecular complexity index is 889. The zero-order valence-electron chi connectivity index (χ0n) is 13.4. The highest BCUT2D eigenvalue weighted by Gasteiger charge is 2.39. The Hall–Kier alpha value is -3.15. The van der Waals surface area contributed by atoms with Crippen molar-refractivity contribution in [3.8, 4) is 0 Å². The molecule has 1 aliphatic rings. The van der Waals surface area contributed by atoms with E-state index in [2.05, 4.69) is 9.98 Å². The minimum absolute atomic E-state index is 0.00631. The average Bonchev–Trinajstić information content (AvgIpc) is 3.09. The molecule has 3 rings (SSSR count). The first kappa shape index (κ1) is 16.7. The van der Waals surface area contributed by atoms with Gasteiger partial charge >= 0.3 is 5.97 Å². The van der Waals surface area contributed by atoms with Crippen LogP contribution in [0.5, 0.6) is 0 Å². The fourth-order valence-electron chi connectivity index (χ4n) is 2.73. The van der Waals surface area contributed by atoms with Gasteiger partial charge in [0.05, 0.1) is 11.3 Å². The van der Waals surface area contributed by atoms with Crippen molar-refractivity contribution in [1.29, 1.82) is 0 Å². The fourth-order valence-corrected chi connectivity index (χ4v) is 2.73. The Morgan fingerprint density at radius 3 is 2.64 bits per heavy atom. The van der Waals surface area contributed by atoms with E-state index in [0.717, 1.165) is 5.56 Å². The third-order valence-electron chi connectivity index (χ3n) is 4.19.